The molecule has 1 aliphatic heterocycles. The van der Waals surface area contributed by atoms with Gasteiger partial charge in [0.25, 0.3) is 5.56 Å². The summed E-state index contributed by atoms with van der Waals surface area (Å²) in [7, 11) is 1.20. The van der Waals surface area contributed by atoms with E-state index in [9.17, 15) is 14.0 Å². The van der Waals surface area contributed by atoms with Gasteiger partial charge in [0.1, 0.15) is 17.1 Å². The number of hydrogen-bond donors (Lipinski definition) is 1. The van der Waals surface area contributed by atoms with E-state index in [1.807, 2.05) is 13.8 Å². The topological polar surface area (TPSA) is 83.5 Å². The summed E-state index contributed by atoms with van der Waals surface area (Å²) in [5, 5.41) is 0. The first kappa shape index (κ1) is 19.7. The molecular weight excluding hydrogens is 363 g/mol. The number of nitrogens with two attached hydrogens (primary N) is 1. The van der Waals surface area contributed by atoms with Crippen LogP contribution in [-0.4, -0.2) is 17.6 Å². The first-order valence-corrected chi connectivity index (χ1v) is 9.21. The molecule has 0 bridgehead atoms. The first-order valence-electron chi connectivity index (χ1n) is 9.21. The third kappa shape index (κ3) is 3.17. The van der Waals surface area contributed by atoms with Crippen molar-refractivity contribution in [2.75, 3.05) is 7.11 Å². The lowest BCUT2D eigenvalue weighted by atomic mass is 9.83. The Labute approximate surface area is 162 Å². The minimum Gasteiger partial charge on any atom is -0.465 e. The average Bonchev–Trinajstić information content (AvgIpc) is 2.67. The number of pyridine rings is 1. The number of hydrogen-bond acceptors (Lipinski definition) is 5. The van der Waals surface area contributed by atoms with E-state index in [4.69, 9.17) is 15.2 Å². The number of halogens is 1. The van der Waals surface area contributed by atoms with Crippen molar-refractivity contribution in [2.45, 2.75) is 39.2 Å². The molecule has 0 radical (unpaired) electrons. The molecule has 2 heterocycles. The fraction of sp³-hybridized carbons (Fsp3) is 0.333. The summed E-state index contributed by atoms with van der Waals surface area (Å²) in [5.41, 5.74) is 6.76. The van der Waals surface area contributed by atoms with Crippen LogP contribution in [0.3, 0.4) is 0 Å². The molecule has 0 amide bonds. The van der Waals surface area contributed by atoms with Gasteiger partial charge in [-0.05, 0) is 19.4 Å². The summed E-state index contributed by atoms with van der Waals surface area (Å²) in [6.45, 7) is 4.31. The monoisotopic (exact) mass is 386 g/mol. The van der Waals surface area contributed by atoms with Crippen LogP contribution in [-0.2, 0) is 22.5 Å². The molecule has 7 heteroatoms. The van der Waals surface area contributed by atoms with Gasteiger partial charge < -0.3 is 19.8 Å². The molecule has 0 aliphatic carbocycles. The summed E-state index contributed by atoms with van der Waals surface area (Å²) in [5.74, 6) is -2.27. The Morgan fingerprint density at radius 2 is 2.04 bits per heavy atom. The number of rotatable bonds is 5. The van der Waals surface area contributed by atoms with Crippen molar-refractivity contribution in [3.8, 4) is 5.75 Å². The summed E-state index contributed by atoms with van der Waals surface area (Å²) < 4.78 is 26.8. The number of esters is 1. The quantitative estimate of drug-likeness (QED) is 0.799. The van der Waals surface area contributed by atoms with Crippen molar-refractivity contribution < 1.29 is 18.7 Å². The largest absolute Gasteiger partial charge is 0.465 e. The summed E-state index contributed by atoms with van der Waals surface area (Å²) in [4.78, 5) is 25.8. The number of benzene rings is 1. The lowest BCUT2D eigenvalue weighted by Crippen LogP contribution is -2.35. The van der Waals surface area contributed by atoms with Crippen molar-refractivity contribution in [1.82, 2.24) is 4.57 Å². The standard InChI is InChI=1S/C21H23FN2O4/c1-4-8-12-11-15-17(20(25)24(12)5-2)16(13-9-6-7-10-14(13)22)18(19(23)28-15)21(26)27-3/h6-7,9-11,16H,4-5,8,23H2,1-3H3. The lowest BCUT2D eigenvalue weighted by molar-refractivity contribution is -0.136. The Hall–Kier alpha value is -3.09. The Balaban J connectivity index is 2.36. The maximum Gasteiger partial charge on any atom is 0.340 e. The molecule has 2 N–H and O–H groups in total. The van der Waals surface area contributed by atoms with Crippen LogP contribution in [0.15, 0.2) is 46.6 Å². The van der Waals surface area contributed by atoms with E-state index in [2.05, 4.69) is 0 Å². The molecule has 148 valence electrons. The second-order valence-corrected chi connectivity index (χ2v) is 6.54. The van der Waals surface area contributed by atoms with Gasteiger partial charge in [0.15, 0.2) is 0 Å². The molecule has 6 nitrogen and oxygen atoms in total. The second kappa shape index (κ2) is 7.88. The van der Waals surface area contributed by atoms with Gasteiger partial charge >= 0.3 is 5.97 Å². The zero-order valence-electron chi connectivity index (χ0n) is 16.1. The van der Waals surface area contributed by atoms with E-state index in [0.717, 1.165) is 12.1 Å². The molecular formula is C21H23FN2O4. The number of aryl methyl sites for hydroxylation is 1. The van der Waals surface area contributed by atoms with Crippen LogP contribution in [0.5, 0.6) is 5.75 Å². The van der Waals surface area contributed by atoms with E-state index in [1.54, 1.807) is 22.8 Å². The highest BCUT2D eigenvalue weighted by molar-refractivity contribution is 5.92. The van der Waals surface area contributed by atoms with Crippen LogP contribution in [0.1, 0.15) is 43.0 Å². The number of fused-ring (bicyclic) bond motifs is 1. The van der Waals surface area contributed by atoms with Gasteiger partial charge in [-0.15, -0.1) is 0 Å². The van der Waals surface area contributed by atoms with Gasteiger partial charge in [0, 0.05) is 23.9 Å². The third-order valence-electron chi connectivity index (χ3n) is 4.89. The van der Waals surface area contributed by atoms with E-state index in [0.29, 0.717) is 13.0 Å². The molecule has 2 aromatic rings. The molecule has 0 saturated carbocycles. The zero-order chi connectivity index (χ0) is 20.4. The van der Waals surface area contributed by atoms with Crippen molar-refractivity contribution in [1.29, 1.82) is 0 Å². The van der Waals surface area contributed by atoms with Gasteiger partial charge in [0.2, 0.25) is 5.88 Å². The Morgan fingerprint density at radius 1 is 1.32 bits per heavy atom. The Kier molecular flexibility index (Phi) is 5.53. The van der Waals surface area contributed by atoms with Gasteiger partial charge in [-0.1, -0.05) is 31.5 Å². The summed E-state index contributed by atoms with van der Waals surface area (Å²) in [6, 6.07) is 7.74. The number of carbonyl (C=O) groups is 1. The molecule has 1 unspecified atom stereocenters. The molecule has 1 aromatic heterocycles. The number of carbonyl (C=O) groups excluding carboxylic acids is 1. The highest BCUT2D eigenvalue weighted by Crippen LogP contribution is 2.42. The van der Waals surface area contributed by atoms with Crippen LogP contribution >= 0.6 is 0 Å². The Bertz CT molecular complexity index is 1010. The molecule has 3 rings (SSSR count). The SMILES string of the molecule is CCCc1cc2c(c(=O)n1CC)C(c1ccccc1F)C(C(=O)OC)=C(N)O2. The number of methoxy groups -OCH3 is 1. The zero-order valence-corrected chi connectivity index (χ0v) is 16.1. The van der Waals surface area contributed by atoms with Gasteiger partial charge in [-0.2, -0.15) is 0 Å². The van der Waals surface area contributed by atoms with Crippen LogP contribution in [0.2, 0.25) is 0 Å². The Morgan fingerprint density at radius 3 is 2.64 bits per heavy atom. The summed E-state index contributed by atoms with van der Waals surface area (Å²) in [6.07, 6.45) is 1.52. The van der Waals surface area contributed by atoms with E-state index in [-0.39, 0.29) is 33.9 Å². The summed E-state index contributed by atoms with van der Waals surface area (Å²) >= 11 is 0. The predicted molar refractivity (Wildman–Crippen MR) is 102 cm³/mol. The lowest BCUT2D eigenvalue weighted by Gasteiger charge is -2.29. The molecule has 28 heavy (non-hydrogen) atoms. The molecule has 1 atom stereocenters. The fourth-order valence-corrected chi connectivity index (χ4v) is 3.66. The van der Waals surface area contributed by atoms with E-state index < -0.39 is 17.7 Å². The first-order chi connectivity index (χ1) is 13.4. The minimum atomic E-state index is -1.02. The van der Waals surface area contributed by atoms with Crippen molar-refractivity contribution in [2.24, 2.45) is 5.73 Å². The number of aromatic nitrogens is 1. The predicted octanol–water partition coefficient (Wildman–Crippen LogP) is 2.83. The van der Waals surface area contributed by atoms with Gasteiger partial charge in [0.05, 0.1) is 18.6 Å². The number of ether oxygens (including phenoxy) is 2. The van der Waals surface area contributed by atoms with E-state index >= 15 is 0 Å². The van der Waals surface area contributed by atoms with Gasteiger partial charge in [-0.25, -0.2) is 9.18 Å². The van der Waals surface area contributed by atoms with Crippen LogP contribution < -0.4 is 16.0 Å². The maximum atomic E-state index is 14.7. The van der Waals surface area contributed by atoms with Crippen molar-refractivity contribution >= 4 is 5.97 Å². The molecule has 1 aliphatic rings. The smallest absolute Gasteiger partial charge is 0.340 e. The highest BCUT2D eigenvalue weighted by atomic mass is 19.1. The molecule has 1 aromatic carbocycles. The minimum absolute atomic E-state index is 0.0805. The van der Waals surface area contributed by atoms with E-state index in [1.165, 1.54) is 19.2 Å². The number of nitrogens with zero attached hydrogens (tertiary/aromatic N) is 1. The van der Waals surface area contributed by atoms with Gasteiger partial charge in [-0.3, -0.25) is 4.79 Å². The van der Waals surface area contributed by atoms with Crippen molar-refractivity contribution in [3.63, 3.8) is 0 Å². The maximum absolute atomic E-state index is 14.7. The average molecular weight is 386 g/mol. The highest BCUT2D eigenvalue weighted by Gasteiger charge is 2.39. The second-order valence-electron chi connectivity index (χ2n) is 6.54. The van der Waals surface area contributed by atoms with Crippen molar-refractivity contribution in [3.05, 3.63) is 74.8 Å². The molecule has 0 fully saturated rings. The van der Waals surface area contributed by atoms with Crippen LogP contribution in [0, 0.1) is 5.82 Å². The molecule has 0 spiro atoms. The van der Waals surface area contributed by atoms with Crippen LogP contribution in [0.25, 0.3) is 0 Å². The third-order valence-corrected chi connectivity index (χ3v) is 4.89. The fourth-order valence-electron chi connectivity index (χ4n) is 3.66. The normalized spacial score (nSPS) is 15.8. The van der Waals surface area contributed by atoms with Crippen LogP contribution in [0.4, 0.5) is 4.39 Å². The molecule has 0 saturated heterocycles.